The molecule has 0 spiro atoms. The maximum atomic E-state index is 6.12. The lowest BCUT2D eigenvalue weighted by atomic mass is 10.2. The molecule has 0 aliphatic heterocycles. The summed E-state index contributed by atoms with van der Waals surface area (Å²) >= 11 is 9.54. The summed E-state index contributed by atoms with van der Waals surface area (Å²) in [5.74, 6) is 0.804. The van der Waals surface area contributed by atoms with E-state index in [9.17, 15) is 0 Å². The predicted molar refractivity (Wildman–Crippen MR) is 76.4 cm³/mol. The molecule has 96 valence electrons. The van der Waals surface area contributed by atoms with Gasteiger partial charge in [-0.1, -0.05) is 33.6 Å². The molecule has 0 aliphatic rings. The number of halogens is 2. The Hall–Kier alpha value is -1.00. The number of benzene rings is 1. The molecule has 0 atom stereocenters. The highest BCUT2D eigenvalue weighted by molar-refractivity contribution is 9.08. The zero-order valence-electron chi connectivity index (χ0n) is 10.3. The van der Waals surface area contributed by atoms with Gasteiger partial charge in [0.15, 0.2) is 0 Å². The van der Waals surface area contributed by atoms with E-state index in [1.807, 2.05) is 42.9 Å². The summed E-state index contributed by atoms with van der Waals surface area (Å²) in [6.45, 7) is 2.45. The van der Waals surface area contributed by atoms with E-state index in [1.54, 1.807) is 0 Å². The Kier molecular flexibility index (Phi) is 4.30. The summed E-state index contributed by atoms with van der Waals surface area (Å²) in [4.78, 5) is 0. The van der Waals surface area contributed by atoms with Gasteiger partial charge in [-0.05, 0) is 25.1 Å². The Balaban J connectivity index is 2.15. The van der Waals surface area contributed by atoms with Gasteiger partial charge in [0, 0.05) is 23.0 Å². The maximum Gasteiger partial charge on any atom is 0.130 e. The fourth-order valence-electron chi connectivity index (χ4n) is 1.75. The van der Waals surface area contributed by atoms with Crippen LogP contribution in [0.15, 0.2) is 24.3 Å². The Morgan fingerprint density at radius 2 is 2.22 bits per heavy atom. The fourth-order valence-corrected chi connectivity index (χ4v) is 2.73. The van der Waals surface area contributed by atoms with Crippen molar-refractivity contribution in [1.82, 2.24) is 9.78 Å². The second-order valence-corrected chi connectivity index (χ2v) is 5.01. The number of ether oxygens (including phenoxy) is 1. The predicted octanol–water partition coefficient (Wildman–Crippen LogP) is 3.86. The molecule has 2 rings (SSSR count). The van der Waals surface area contributed by atoms with E-state index in [0.29, 0.717) is 17.0 Å². The summed E-state index contributed by atoms with van der Waals surface area (Å²) in [5.41, 5.74) is 2.99. The zero-order chi connectivity index (χ0) is 13.1. The topological polar surface area (TPSA) is 27.1 Å². The van der Waals surface area contributed by atoms with Crippen LogP contribution >= 0.6 is 27.5 Å². The lowest BCUT2D eigenvalue weighted by Crippen LogP contribution is -2.04. The molecular weight excluding hydrogens is 316 g/mol. The highest BCUT2D eigenvalue weighted by Crippen LogP contribution is 2.29. The molecule has 2 aromatic rings. The van der Waals surface area contributed by atoms with E-state index in [0.717, 1.165) is 22.7 Å². The standard InChI is InChI=1S/C13H14BrClN2O/c1-9-6-10(17(2)16-9)8-18-13-5-3-4-12(15)11(13)7-14/h3-6H,7-8H2,1-2H3. The minimum atomic E-state index is 0.484. The molecule has 0 saturated heterocycles. The largest absolute Gasteiger partial charge is 0.487 e. The number of alkyl halides is 1. The number of hydrogen-bond acceptors (Lipinski definition) is 2. The van der Waals surface area contributed by atoms with Crippen molar-refractivity contribution in [3.63, 3.8) is 0 Å². The molecule has 1 aromatic carbocycles. The van der Waals surface area contributed by atoms with E-state index >= 15 is 0 Å². The second-order valence-electron chi connectivity index (χ2n) is 4.04. The molecule has 0 fully saturated rings. The summed E-state index contributed by atoms with van der Waals surface area (Å²) in [5, 5.41) is 5.67. The first-order valence-electron chi connectivity index (χ1n) is 5.57. The van der Waals surface area contributed by atoms with Crippen molar-refractivity contribution in [2.45, 2.75) is 18.9 Å². The first-order valence-corrected chi connectivity index (χ1v) is 7.07. The van der Waals surface area contributed by atoms with E-state index in [-0.39, 0.29) is 0 Å². The Labute approximate surface area is 120 Å². The molecule has 1 heterocycles. The minimum absolute atomic E-state index is 0.484. The number of aromatic nitrogens is 2. The van der Waals surface area contributed by atoms with Gasteiger partial charge in [0.25, 0.3) is 0 Å². The van der Waals surface area contributed by atoms with Crippen molar-refractivity contribution in [3.8, 4) is 5.75 Å². The van der Waals surface area contributed by atoms with Crippen LogP contribution in [0.1, 0.15) is 17.0 Å². The van der Waals surface area contributed by atoms with Crippen molar-refractivity contribution < 1.29 is 4.74 Å². The lowest BCUT2D eigenvalue weighted by molar-refractivity contribution is 0.293. The molecule has 0 N–H and O–H groups in total. The third kappa shape index (κ3) is 2.87. The van der Waals surface area contributed by atoms with E-state index < -0.39 is 0 Å². The van der Waals surface area contributed by atoms with E-state index in [1.165, 1.54) is 0 Å². The van der Waals surface area contributed by atoms with Gasteiger partial charge in [-0.15, -0.1) is 0 Å². The highest BCUT2D eigenvalue weighted by Gasteiger charge is 2.08. The van der Waals surface area contributed by atoms with Crippen molar-refractivity contribution >= 4 is 27.5 Å². The van der Waals surface area contributed by atoms with E-state index in [4.69, 9.17) is 16.3 Å². The van der Waals surface area contributed by atoms with Crippen LogP contribution in [0.2, 0.25) is 5.02 Å². The molecule has 0 aliphatic carbocycles. The van der Waals surface area contributed by atoms with Gasteiger partial charge in [-0.25, -0.2) is 0 Å². The maximum absolute atomic E-state index is 6.12. The molecule has 0 unspecified atom stereocenters. The molecule has 5 heteroatoms. The first-order chi connectivity index (χ1) is 8.61. The SMILES string of the molecule is Cc1cc(COc2cccc(Cl)c2CBr)n(C)n1. The van der Waals surface area contributed by atoms with Gasteiger partial charge < -0.3 is 4.74 Å². The average Bonchev–Trinajstić information content (AvgIpc) is 2.65. The van der Waals surface area contributed by atoms with Crippen molar-refractivity contribution in [3.05, 3.63) is 46.2 Å². The van der Waals surface area contributed by atoms with Gasteiger partial charge >= 0.3 is 0 Å². The molecular formula is C13H14BrClN2O. The number of hydrogen-bond donors (Lipinski definition) is 0. The van der Waals surface area contributed by atoms with Gasteiger partial charge in [-0.2, -0.15) is 5.10 Å². The fraction of sp³-hybridized carbons (Fsp3) is 0.308. The number of nitrogens with zero attached hydrogens (tertiary/aromatic N) is 2. The quantitative estimate of drug-likeness (QED) is 0.797. The van der Waals surface area contributed by atoms with Crippen LogP contribution in [0, 0.1) is 6.92 Å². The smallest absolute Gasteiger partial charge is 0.130 e. The highest BCUT2D eigenvalue weighted by atomic mass is 79.9. The third-order valence-electron chi connectivity index (χ3n) is 2.68. The van der Waals surface area contributed by atoms with Gasteiger partial charge in [0.1, 0.15) is 12.4 Å². The summed E-state index contributed by atoms with van der Waals surface area (Å²) in [7, 11) is 1.91. The molecule has 18 heavy (non-hydrogen) atoms. The second kappa shape index (κ2) is 5.76. The molecule has 1 aromatic heterocycles. The number of aryl methyl sites for hydroxylation is 2. The van der Waals surface area contributed by atoms with Crippen LogP contribution in [-0.4, -0.2) is 9.78 Å². The van der Waals surface area contributed by atoms with Crippen LogP contribution in [0.5, 0.6) is 5.75 Å². The number of rotatable bonds is 4. The van der Waals surface area contributed by atoms with Crippen LogP contribution in [-0.2, 0) is 19.0 Å². The Morgan fingerprint density at radius 1 is 1.44 bits per heavy atom. The summed E-state index contributed by atoms with van der Waals surface area (Å²) in [6.07, 6.45) is 0. The molecule has 3 nitrogen and oxygen atoms in total. The van der Waals surface area contributed by atoms with Gasteiger partial charge in [0.05, 0.1) is 11.4 Å². The normalized spacial score (nSPS) is 10.7. The lowest BCUT2D eigenvalue weighted by Gasteiger charge is -2.11. The molecule has 0 bridgehead atoms. The van der Waals surface area contributed by atoms with E-state index in [2.05, 4.69) is 21.0 Å². The van der Waals surface area contributed by atoms with Crippen LogP contribution in [0.4, 0.5) is 0 Å². The molecule has 0 saturated carbocycles. The van der Waals surface area contributed by atoms with Gasteiger partial charge in [-0.3, -0.25) is 4.68 Å². The van der Waals surface area contributed by atoms with Crippen molar-refractivity contribution in [1.29, 1.82) is 0 Å². The third-order valence-corrected chi connectivity index (χ3v) is 3.60. The Bertz CT molecular complexity index is 554. The first kappa shape index (κ1) is 13.4. The Morgan fingerprint density at radius 3 is 2.83 bits per heavy atom. The van der Waals surface area contributed by atoms with Crippen molar-refractivity contribution in [2.24, 2.45) is 7.05 Å². The monoisotopic (exact) mass is 328 g/mol. The summed E-state index contributed by atoms with van der Waals surface area (Å²) < 4.78 is 7.64. The minimum Gasteiger partial charge on any atom is -0.487 e. The molecule has 0 radical (unpaired) electrons. The van der Waals surface area contributed by atoms with Crippen LogP contribution in [0.25, 0.3) is 0 Å². The van der Waals surface area contributed by atoms with Crippen molar-refractivity contribution in [2.75, 3.05) is 0 Å². The average molecular weight is 330 g/mol. The van der Waals surface area contributed by atoms with Crippen LogP contribution < -0.4 is 4.74 Å². The molecule has 0 amide bonds. The summed E-state index contributed by atoms with van der Waals surface area (Å²) in [6, 6.07) is 7.68. The van der Waals surface area contributed by atoms with Gasteiger partial charge in [0.2, 0.25) is 0 Å². The zero-order valence-corrected chi connectivity index (χ0v) is 12.6. The van der Waals surface area contributed by atoms with Crippen LogP contribution in [0.3, 0.4) is 0 Å².